The van der Waals surface area contributed by atoms with Crippen molar-refractivity contribution >= 4 is 39.8 Å². The lowest BCUT2D eigenvalue weighted by atomic mass is 9.98. The Labute approximate surface area is 178 Å². The van der Waals surface area contributed by atoms with E-state index < -0.39 is 0 Å². The number of nitrogens with one attached hydrogen (secondary N) is 1. The first kappa shape index (κ1) is 18.8. The summed E-state index contributed by atoms with van der Waals surface area (Å²) in [7, 11) is 2.07. The van der Waals surface area contributed by atoms with E-state index in [1.807, 2.05) is 23.7 Å². The molecule has 0 saturated heterocycles. The average Bonchev–Trinajstić information content (AvgIpc) is 3.51. The Morgan fingerprint density at radius 3 is 3.00 bits per heavy atom. The number of hydrogen-bond acceptors (Lipinski definition) is 4. The third-order valence-corrected chi connectivity index (χ3v) is 6.39. The molecule has 1 N–H and O–H groups in total. The highest BCUT2D eigenvalue weighted by Gasteiger charge is 2.21. The van der Waals surface area contributed by atoms with Crippen molar-refractivity contribution in [2.45, 2.75) is 25.7 Å². The summed E-state index contributed by atoms with van der Waals surface area (Å²) < 4.78 is 2.15. The number of aromatic amines is 1. The van der Waals surface area contributed by atoms with E-state index in [2.05, 4.69) is 63.3 Å². The van der Waals surface area contributed by atoms with Gasteiger partial charge in [-0.05, 0) is 42.0 Å². The average molecular weight is 415 g/mol. The van der Waals surface area contributed by atoms with Crippen molar-refractivity contribution in [2.75, 3.05) is 0 Å². The van der Waals surface area contributed by atoms with E-state index in [0.717, 1.165) is 41.1 Å². The molecule has 0 unspecified atom stereocenters. The second-order valence-corrected chi connectivity index (χ2v) is 8.63. The fourth-order valence-electron chi connectivity index (χ4n) is 4.08. The molecule has 0 spiro atoms. The third kappa shape index (κ3) is 3.55. The van der Waals surface area contributed by atoms with E-state index >= 15 is 0 Å². The van der Waals surface area contributed by atoms with Crippen molar-refractivity contribution in [3.05, 3.63) is 81.6 Å². The minimum Gasteiger partial charge on any atom is -0.350 e. The van der Waals surface area contributed by atoms with E-state index in [9.17, 15) is 4.79 Å². The van der Waals surface area contributed by atoms with Crippen LogP contribution in [0.5, 0.6) is 0 Å². The molecule has 0 amide bonds. The predicted molar refractivity (Wildman–Crippen MR) is 122 cm³/mol. The first-order valence-electron chi connectivity index (χ1n) is 10.1. The van der Waals surface area contributed by atoms with Crippen molar-refractivity contribution in [3.63, 3.8) is 0 Å². The van der Waals surface area contributed by atoms with Gasteiger partial charge in [-0.15, -0.1) is 11.3 Å². The van der Waals surface area contributed by atoms with Gasteiger partial charge in [0.05, 0.1) is 5.69 Å². The topological polar surface area (TPSA) is 63.0 Å². The first-order valence-corrected chi connectivity index (χ1v) is 11.0. The van der Waals surface area contributed by atoms with E-state index in [1.54, 1.807) is 11.3 Å². The minimum atomic E-state index is 0.0574. The smallest absolute Gasteiger partial charge is 0.186 e. The number of ketones is 1. The van der Waals surface area contributed by atoms with Crippen LogP contribution < -0.4 is 0 Å². The van der Waals surface area contributed by atoms with Gasteiger partial charge in [-0.2, -0.15) is 5.10 Å². The molecule has 1 aliphatic rings. The number of aromatic nitrogens is 3. The van der Waals surface area contributed by atoms with E-state index in [0.29, 0.717) is 12.1 Å². The Bertz CT molecular complexity index is 1270. The van der Waals surface area contributed by atoms with Crippen molar-refractivity contribution in [1.29, 1.82) is 0 Å². The number of nitrogens with zero attached hydrogens (tertiary/aromatic N) is 3. The highest BCUT2D eigenvalue weighted by molar-refractivity contribution is 7.10. The van der Waals surface area contributed by atoms with Crippen LogP contribution in [-0.2, 0) is 24.7 Å². The highest BCUT2D eigenvalue weighted by atomic mass is 32.1. The number of rotatable bonds is 6. The summed E-state index contributed by atoms with van der Waals surface area (Å²) in [5.41, 5.74) is 5.84. The molecule has 4 heterocycles. The highest BCUT2D eigenvalue weighted by Crippen LogP contribution is 2.29. The van der Waals surface area contributed by atoms with Crippen molar-refractivity contribution in [1.82, 2.24) is 14.8 Å². The molecular formula is C24H22N4OS. The molecule has 1 aliphatic heterocycles. The number of Topliss-reactive ketones (excluding diaryl/α,β-unsaturated/α-hetero) is 1. The zero-order valence-electron chi connectivity index (χ0n) is 16.8. The molecule has 0 fully saturated rings. The monoisotopic (exact) mass is 414 g/mol. The van der Waals surface area contributed by atoms with Crippen LogP contribution in [0.1, 0.15) is 34.7 Å². The van der Waals surface area contributed by atoms with Crippen LogP contribution in [0.25, 0.3) is 16.5 Å². The number of carbonyl (C=O) groups is 1. The predicted octanol–water partition coefficient (Wildman–Crippen LogP) is 4.94. The molecule has 150 valence electrons. The van der Waals surface area contributed by atoms with Gasteiger partial charge >= 0.3 is 0 Å². The van der Waals surface area contributed by atoms with Gasteiger partial charge < -0.3 is 4.57 Å². The van der Waals surface area contributed by atoms with Crippen LogP contribution in [0, 0.1) is 0 Å². The van der Waals surface area contributed by atoms with E-state index in [1.165, 1.54) is 16.5 Å². The maximum absolute atomic E-state index is 12.9. The van der Waals surface area contributed by atoms with E-state index in [-0.39, 0.29) is 5.78 Å². The van der Waals surface area contributed by atoms with Crippen LogP contribution >= 0.6 is 11.3 Å². The van der Waals surface area contributed by atoms with Gasteiger partial charge in [0.15, 0.2) is 5.78 Å². The number of H-pyrrole nitrogens is 1. The van der Waals surface area contributed by atoms with Crippen LogP contribution in [0.2, 0.25) is 0 Å². The normalized spacial score (nSPS) is 14.0. The molecule has 5 nitrogen and oxygen atoms in total. The van der Waals surface area contributed by atoms with Crippen molar-refractivity contribution in [3.8, 4) is 0 Å². The zero-order chi connectivity index (χ0) is 20.5. The fraction of sp³-hybridized carbons (Fsp3) is 0.208. The number of thiophene rings is 1. The molecule has 3 aromatic heterocycles. The molecule has 0 aliphatic carbocycles. The molecule has 6 heteroatoms. The molecular weight excluding hydrogens is 392 g/mol. The number of allylic oxidation sites excluding steroid dienone is 2. The number of hydrogen-bond donors (Lipinski definition) is 1. The lowest BCUT2D eigenvalue weighted by molar-refractivity contribution is -0.114. The molecule has 1 aromatic carbocycles. The number of fused-ring (bicyclic) bond motifs is 1. The minimum absolute atomic E-state index is 0.0574. The van der Waals surface area contributed by atoms with Gasteiger partial charge in [-0.25, -0.2) is 0 Å². The maximum atomic E-state index is 12.9. The number of aliphatic imine (C=N–C) groups is 1. The summed E-state index contributed by atoms with van der Waals surface area (Å²) in [6.45, 7) is 0. The fourth-order valence-corrected chi connectivity index (χ4v) is 4.79. The standard InChI is InChI=1S/C24H22N4OS/c1-28-15-16(19-7-2-3-9-22(19)28)12-17-13-21(27-26-17)20-8-4-10-25-24(20)23(29)14-18-6-5-11-30-18/h2-3,5-7,9-11,13,15H,4,8,12,14H2,1H3,(H,26,27). The summed E-state index contributed by atoms with van der Waals surface area (Å²) in [5, 5.41) is 11.0. The van der Waals surface area contributed by atoms with Gasteiger partial charge in [0.25, 0.3) is 0 Å². The number of benzene rings is 1. The Morgan fingerprint density at radius 2 is 2.13 bits per heavy atom. The Hall–Kier alpha value is -3.25. The van der Waals surface area contributed by atoms with Gasteiger partial charge in [-0.1, -0.05) is 24.3 Å². The van der Waals surface area contributed by atoms with E-state index in [4.69, 9.17) is 0 Å². The number of aryl methyl sites for hydroxylation is 1. The lowest BCUT2D eigenvalue weighted by Crippen LogP contribution is -2.10. The molecule has 0 saturated carbocycles. The van der Waals surface area contributed by atoms with Gasteiger partial charge in [0.1, 0.15) is 5.70 Å². The molecule has 0 radical (unpaired) electrons. The van der Waals surface area contributed by atoms with Crippen LogP contribution in [0.4, 0.5) is 0 Å². The SMILES string of the molecule is Cn1cc(Cc2cc(C3=C(C(=O)Cc4cccs4)N=CCC3)n[nH]2)c2ccccc21. The number of para-hydroxylation sites is 1. The van der Waals surface area contributed by atoms with Crippen LogP contribution in [0.3, 0.4) is 0 Å². The molecule has 5 rings (SSSR count). The van der Waals surface area contributed by atoms with Gasteiger partial charge in [0.2, 0.25) is 0 Å². The Kier molecular flexibility index (Phi) is 4.93. The van der Waals surface area contributed by atoms with Gasteiger partial charge in [0, 0.05) is 59.3 Å². The summed E-state index contributed by atoms with van der Waals surface area (Å²) in [6.07, 6.45) is 6.79. The molecule has 0 bridgehead atoms. The van der Waals surface area contributed by atoms with Gasteiger partial charge in [-0.3, -0.25) is 14.9 Å². The number of carbonyl (C=O) groups excluding carboxylic acids is 1. The largest absolute Gasteiger partial charge is 0.350 e. The molecule has 30 heavy (non-hydrogen) atoms. The maximum Gasteiger partial charge on any atom is 0.186 e. The first-order chi connectivity index (χ1) is 14.7. The quantitative estimate of drug-likeness (QED) is 0.486. The summed E-state index contributed by atoms with van der Waals surface area (Å²) >= 11 is 1.60. The second-order valence-electron chi connectivity index (χ2n) is 7.59. The van der Waals surface area contributed by atoms with Crippen LogP contribution in [0.15, 0.2) is 64.7 Å². The van der Waals surface area contributed by atoms with Crippen LogP contribution in [-0.4, -0.2) is 26.8 Å². The Balaban J connectivity index is 1.43. The summed E-state index contributed by atoms with van der Waals surface area (Å²) in [5.74, 6) is 0.0574. The second kappa shape index (κ2) is 7.88. The summed E-state index contributed by atoms with van der Waals surface area (Å²) in [4.78, 5) is 18.4. The lowest BCUT2D eigenvalue weighted by Gasteiger charge is -2.12. The van der Waals surface area contributed by atoms with Crippen molar-refractivity contribution in [2.24, 2.45) is 12.0 Å². The Morgan fingerprint density at radius 1 is 1.23 bits per heavy atom. The molecule has 4 aromatic rings. The van der Waals surface area contributed by atoms with Crippen molar-refractivity contribution < 1.29 is 4.79 Å². The third-order valence-electron chi connectivity index (χ3n) is 5.51. The zero-order valence-corrected chi connectivity index (χ0v) is 17.6. The summed E-state index contributed by atoms with van der Waals surface area (Å²) in [6, 6.07) is 14.4. The molecule has 0 atom stereocenters.